The second kappa shape index (κ2) is 5.50. The van der Waals surface area contributed by atoms with Crippen LogP contribution in [0.5, 0.6) is 0 Å². The van der Waals surface area contributed by atoms with E-state index in [1.807, 2.05) is 30.0 Å². The number of carbonyl (C=O) groups is 1. The number of nitrogens with zero attached hydrogens (tertiary/aromatic N) is 4. The molecule has 2 aliphatic rings. The number of anilines is 2. The number of aliphatic carboxylic acids is 1. The van der Waals surface area contributed by atoms with E-state index in [1.54, 1.807) is 6.20 Å². The Morgan fingerprint density at radius 1 is 1.38 bits per heavy atom. The Kier molecular flexibility index (Phi) is 3.69. The van der Waals surface area contributed by atoms with Gasteiger partial charge in [0.2, 0.25) is 5.95 Å². The highest BCUT2D eigenvalue weighted by Gasteiger charge is 2.45. The van der Waals surface area contributed by atoms with Gasteiger partial charge in [-0.25, -0.2) is 9.78 Å². The zero-order valence-corrected chi connectivity index (χ0v) is 12.6. The van der Waals surface area contributed by atoms with Crippen molar-refractivity contribution in [2.24, 2.45) is 5.92 Å². The summed E-state index contributed by atoms with van der Waals surface area (Å²) in [5.41, 5.74) is 0. The number of hydrogen-bond donors (Lipinski definition) is 1. The molecular weight excluding hydrogens is 268 g/mol. The van der Waals surface area contributed by atoms with Gasteiger partial charge >= 0.3 is 5.97 Å². The third-order valence-corrected chi connectivity index (χ3v) is 4.67. The molecule has 6 nitrogen and oxygen atoms in total. The molecule has 114 valence electrons. The molecule has 3 unspecified atom stereocenters. The van der Waals surface area contributed by atoms with E-state index in [-0.39, 0.29) is 0 Å². The highest BCUT2D eigenvalue weighted by atomic mass is 16.4. The van der Waals surface area contributed by atoms with Crippen LogP contribution >= 0.6 is 0 Å². The van der Waals surface area contributed by atoms with E-state index in [0.717, 1.165) is 25.1 Å². The van der Waals surface area contributed by atoms with E-state index in [1.165, 1.54) is 12.8 Å². The van der Waals surface area contributed by atoms with Crippen LogP contribution in [0.25, 0.3) is 0 Å². The van der Waals surface area contributed by atoms with Crippen molar-refractivity contribution >= 4 is 17.7 Å². The smallest absolute Gasteiger partial charge is 0.326 e. The van der Waals surface area contributed by atoms with Gasteiger partial charge in [0, 0.05) is 26.3 Å². The van der Waals surface area contributed by atoms with E-state index < -0.39 is 12.0 Å². The van der Waals surface area contributed by atoms with Gasteiger partial charge < -0.3 is 14.9 Å². The van der Waals surface area contributed by atoms with Crippen molar-refractivity contribution in [1.29, 1.82) is 0 Å². The molecule has 0 radical (unpaired) electrons. The predicted molar refractivity (Wildman–Crippen MR) is 80.6 cm³/mol. The van der Waals surface area contributed by atoms with Crippen molar-refractivity contribution in [1.82, 2.24) is 9.97 Å². The van der Waals surface area contributed by atoms with Crippen LogP contribution < -0.4 is 9.80 Å². The zero-order valence-electron chi connectivity index (χ0n) is 12.6. The van der Waals surface area contributed by atoms with Gasteiger partial charge in [0.05, 0.1) is 0 Å². The Balaban J connectivity index is 1.96. The van der Waals surface area contributed by atoms with Crippen molar-refractivity contribution < 1.29 is 9.90 Å². The van der Waals surface area contributed by atoms with Gasteiger partial charge in [0.25, 0.3) is 0 Å². The number of rotatable bonds is 3. The van der Waals surface area contributed by atoms with Crippen LogP contribution in [-0.2, 0) is 4.79 Å². The molecule has 1 aromatic rings. The van der Waals surface area contributed by atoms with Crippen LogP contribution in [0.3, 0.4) is 0 Å². The first-order valence-electron chi connectivity index (χ1n) is 7.59. The Morgan fingerprint density at radius 2 is 2.14 bits per heavy atom. The highest BCUT2D eigenvalue weighted by molar-refractivity contribution is 5.79. The average Bonchev–Trinajstić information content (AvgIpc) is 2.87. The zero-order chi connectivity index (χ0) is 15.0. The predicted octanol–water partition coefficient (Wildman–Crippen LogP) is 1.76. The maximum atomic E-state index is 11.7. The van der Waals surface area contributed by atoms with Crippen LogP contribution in [-0.4, -0.2) is 47.2 Å². The molecule has 1 N–H and O–H groups in total. The summed E-state index contributed by atoms with van der Waals surface area (Å²) < 4.78 is 0. The summed E-state index contributed by atoms with van der Waals surface area (Å²) >= 11 is 0. The minimum atomic E-state index is -0.741. The minimum absolute atomic E-state index is 0.310. The Bertz CT molecular complexity index is 534. The lowest BCUT2D eigenvalue weighted by Crippen LogP contribution is -2.43. The van der Waals surface area contributed by atoms with Crippen molar-refractivity contribution in [3.8, 4) is 0 Å². The van der Waals surface area contributed by atoms with E-state index in [2.05, 4.69) is 9.97 Å². The van der Waals surface area contributed by atoms with Gasteiger partial charge in [-0.2, -0.15) is 4.98 Å². The molecule has 0 spiro atoms. The van der Waals surface area contributed by atoms with Crippen LogP contribution in [0.1, 0.15) is 32.1 Å². The van der Waals surface area contributed by atoms with Crippen molar-refractivity contribution in [3.05, 3.63) is 12.3 Å². The summed E-state index contributed by atoms with van der Waals surface area (Å²) in [4.78, 5) is 24.3. The lowest BCUT2D eigenvalue weighted by atomic mass is 9.85. The monoisotopic (exact) mass is 290 g/mol. The van der Waals surface area contributed by atoms with Crippen molar-refractivity contribution in [2.75, 3.05) is 23.9 Å². The fourth-order valence-electron chi connectivity index (χ4n) is 3.71. The molecule has 6 heteroatoms. The molecule has 3 atom stereocenters. The molecule has 0 amide bonds. The number of carboxylic acid groups (broad SMARTS) is 1. The summed E-state index contributed by atoms with van der Waals surface area (Å²) in [6, 6.07) is 1.69. The molecule has 3 rings (SSSR count). The molecule has 2 fully saturated rings. The van der Waals surface area contributed by atoms with Gasteiger partial charge in [0.15, 0.2) is 0 Å². The molecule has 1 aromatic heterocycles. The fraction of sp³-hybridized carbons (Fsp3) is 0.667. The SMILES string of the molecule is CN(C)c1nccc(N2C(C(=O)O)CC3CCCCC32)n1. The molecular formula is C15H22N4O2. The first-order chi connectivity index (χ1) is 10.1. The van der Waals surface area contributed by atoms with Gasteiger partial charge in [0.1, 0.15) is 11.9 Å². The van der Waals surface area contributed by atoms with Crippen LogP contribution in [0.4, 0.5) is 11.8 Å². The summed E-state index contributed by atoms with van der Waals surface area (Å²) in [7, 11) is 3.78. The summed E-state index contributed by atoms with van der Waals surface area (Å²) in [6.07, 6.45) is 7.05. The minimum Gasteiger partial charge on any atom is -0.480 e. The van der Waals surface area contributed by atoms with Gasteiger partial charge in [-0.1, -0.05) is 12.8 Å². The quantitative estimate of drug-likeness (QED) is 0.915. The van der Waals surface area contributed by atoms with E-state index in [0.29, 0.717) is 17.9 Å². The van der Waals surface area contributed by atoms with Crippen molar-refractivity contribution in [2.45, 2.75) is 44.2 Å². The Hall–Kier alpha value is -1.85. The van der Waals surface area contributed by atoms with Gasteiger partial charge in [-0.15, -0.1) is 0 Å². The van der Waals surface area contributed by atoms with E-state index in [9.17, 15) is 9.90 Å². The van der Waals surface area contributed by atoms with Gasteiger partial charge in [-0.3, -0.25) is 0 Å². The normalized spacial score (nSPS) is 28.3. The lowest BCUT2D eigenvalue weighted by Gasteiger charge is -2.34. The number of aromatic nitrogens is 2. The third-order valence-electron chi connectivity index (χ3n) is 4.67. The van der Waals surface area contributed by atoms with Crippen molar-refractivity contribution in [3.63, 3.8) is 0 Å². The molecule has 1 aliphatic carbocycles. The number of fused-ring (bicyclic) bond motifs is 1. The second-order valence-electron chi connectivity index (χ2n) is 6.22. The molecule has 2 heterocycles. The van der Waals surface area contributed by atoms with Gasteiger partial charge in [-0.05, 0) is 31.2 Å². The maximum absolute atomic E-state index is 11.7. The molecule has 1 saturated carbocycles. The molecule has 1 saturated heterocycles. The summed E-state index contributed by atoms with van der Waals surface area (Å²) in [6.45, 7) is 0. The molecule has 21 heavy (non-hydrogen) atoms. The van der Waals surface area contributed by atoms with E-state index in [4.69, 9.17) is 0 Å². The van der Waals surface area contributed by atoms with Crippen LogP contribution in [0.15, 0.2) is 12.3 Å². The van der Waals surface area contributed by atoms with E-state index >= 15 is 0 Å². The number of carboxylic acids is 1. The molecule has 1 aliphatic heterocycles. The first kappa shape index (κ1) is 14.1. The fourth-order valence-corrected chi connectivity index (χ4v) is 3.71. The Labute approximate surface area is 124 Å². The number of hydrogen-bond acceptors (Lipinski definition) is 5. The highest BCUT2D eigenvalue weighted by Crippen LogP contribution is 2.41. The summed E-state index contributed by atoms with van der Waals surface area (Å²) in [5, 5.41) is 9.57. The second-order valence-corrected chi connectivity index (χ2v) is 6.22. The molecule has 0 bridgehead atoms. The molecule has 0 aromatic carbocycles. The average molecular weight is 290 g/mol. The first-order valence-corrected chi connectivity index (χ1v) is 7.59. The Morgan fingerprint density at radius 3 is 2.86 bits per heavy atom. The third kappa shape index (κ3) is 2.54. The lowest BCUT2D eigenvalue weighted by molar-refractivity contribution is -0.138. The van der Waals surface area contributed by atoms with Crippen LogP contribution in [0, 0.1) is 5.92 Å². The summed E-state index contributed by atoms with van der Waals surface area (Å²) in [5.74, 6) is 1.11. The topological polar surface area (TPSA) is 69.6 Å². The largest absolute Gasteiger partial charge is 0.480 e. The standard InChI is InChI=1S/C15H22N4O2/c1-18(2)15-16-8-7-13(17-15)19-11-6-4-3-5-10(11)9-12(19)14(20)21/h7-8,10-12H,3-6,9H2,1-2H3,(H,20,21). The van der Waals surface area contributed by atoms with Crippen LogP contribution in [0.2, 0.25) is 0 Å². The maximum Gasteiger partial charge on any atom is 0.326 e.